The summed E-state index contributed by atoms with van der Waals surface area (Å²) in [6.45, 7) is 5.14. The highest BCUT2D eigenvalue weighted by molar-refractivity contribution is 5.74. The molecule has 1 atom stereocenters. The first-order chi connectivity index (χ1) is 6.68. The van der Waals surface area contributed by atoms with Gasteiger partial charge in [0, 0.05) is 0 Å². The van der Waals surface area contributed by atoms with Crippen LogP contribution in [0.4, 0.5) is 11.4 Å². The number of nitrogens with two attached hydrogens (primary N) is 1. The monoisotopic (exact) mass is 192 g/mol. The summed E-state index contributed by atoms with van der Waals surface area (Å²) in [6, 6.07) is 5.75. The molecular formula is C11H16N2O. The van der Waals surface area contributed by atoms with Gasteiger partial charge in [0.1, 0.15) is 17.5 Å². The van der Waals surface area contributed by atoms with Crippen LogP contribution in [0.2, 0.25) is 0 Å². The van der Waals surface area contributed by atoms with E-state index in [9.17, 15) is 0 Å². The molecule has 1 aromatic carbocycles. The fourth-order valence-corrected chi connectivity index (χ4v) is 1.61. The highest BCUT2D eigenvalue weighted by Crippen LogP contribution is 2.34. The summed E-state index contributed by atoms with van der Waals surface area (Å²) in [5.41, 5.74) is 7.51. The van der Waals surface area contributed by atoms with E-state index >= 15 is 0 Å². The number of anilines is 2. The van der Waals surface area contributed by atoms with Crippen molar-refractivity contribution in [3.63, 3.8) is 0 Å². The second-order valence-corrected chi connectivity index (χ2v) is 4.00. The summed E-state index contributed by atoms with van der Waals surface area (Å²) >= 11 is 0. The molecular weight excluding hydrogens is 176 g/mol. The molecule has 0 saturated carbocycles. The van der Waals surface area contributed by atoms with E-state index in [1.807, 2.05) is 18.2 Å². The van der Waals surface area contributed by atoms with Gasteiger partial charge in [-0.25, -0.2) is 0 Å². The van der Waals surface area contributed by atoms with Crippen LogP contribution in [0, 0.1) is 5.92 Å². The van der Waals surface area contributed by atoms with Crippen LogP contribution in [0.1, 0.15) is 13.8 Å². The topological polar surface area (TPSA) is 47.3 Å². The largest absolute Gasteiger partial charge is 0.486 e. The van der Waals surface area contributed by atoms with Gasteiger partial charge in [-0.1, -0.05) is 19.9 Å². The second kappa shape index (κ2) is 3.40. The first-order valence-corrected chi connectivity index (χ1v) is 4.97. The summed E-state index contributed by atoms with van der Waals surface area (Å²) in [6.07, 6.45) is 0.240. The Morgan fingerprint density at radius 1 is 1.50 bits per heavy atom. The predicted molar refractivity (Wildman–Crippen MR) is 58.6 cm³/mol. The molecule has 76 valence electrons. The van der Waals surface area contributed by atoms with Gasteiger partial charge in [-0.05, 0) is 18.1 Å². The lowest BCUT2D eigenvalue weighted by Crippen LogP contribution is -2.35. The molecule has 0 saturated heterocycles. The summed E-state index contributed by atoms with van der Waals surface area (Å²) < 4.78 is 5.83. The third kappa shape index (κ3) is 1.50. The Morgan fingerprint density at radius 3 is 3.00 bits per heavy atom. The van der Waals surface area contributed by atoms with Gasteiger partial charge in [0.2, 0.25) is 0 Å². The van der Waals surface area contributed by atoms with E-state index in [1.165, 1.54) is 0 Å². The molecule has 3 heteroatoms. The molecule has 0 aromatic heterocycles. The standard InChI is InChI=1S/C11H16N2O/c1-7(2)10-6-13-11-8(12)4-3-5-9(11)14-10/h3-5,7,10,13H,6,12H2,1-2H3. The van der Waals surface area contributed by atoms with Gasteiger partial charge < -0.3 is 15.8 Å². The van der Waals surface area contributed by atoms with E-state index in [-0.39, 0.29) is 6.10 Å². The SMILES string of the molecule is CC(C)C1CNc2c(N)cccc2O1. The zero-order chi connectivity index (χ0) is 10.1. The number of benzene rings is 1. The fraction of sp³-hybridized carbons (Fsp3) is 0.455. The molecule has 3 nitrogen and oxygen atoms in total. The van der Waals surface area contributed by atoms with Crippen molar-refractivity contribution in [1.29, 1.82) is 0 Å². The Hall–Kier alpha value is -1.38. The Bertz CT molecular complexity index is 336. The van der Waals surface area contributed by atoms with Gasteiger partial charge >= 0.3 is 0 Å². The molecule has 2 rings (SSSR count). The van der Waals surface area contributed by atoms with Gasteiger partial charge in [-0.3, -0.25) is 0 Å². The Kier molecular flexibility index (Phi) is 2.23. The van der Waals surface area contributed by atoms with Crippen molar-refractivity contribution < 1.29 is 4.74 Å². The zero-order valence-corrected chi connectivity index (χ0v) is 8.58. The molecule has 3 N–H and O–H groups in total. The smallest absolute Gasteiger partial charge is 0.145 e. The Morgan fingerprint density at radius 2 is 2.29 bits per heavy atom. The first-order valence-electron chi connectivity index (χ1n) is 4.97. The minimum absolute atomic E-state index is 0.240. The van der Waals surface area contributed by atoms with Crippen molar-refractivity contribution >= 4 is 11.4 Å². The lowest BCUT2D eigenvalue weighted by Gasteiger charge is -2.30. The molecule has 1 aliphatic heterocycles. The van der Waals surface area contributed by atoms with E-state index in [4.69, 9.17) is 10.5 Å². The normalized spacial score (nSPS) is 19.8. The van der Waals surface area contributed by atoms with Crippen LogP contribution in [0.3, 0.4) is 0 Å². The van der Waals surface area contributed by atoms with Gasteiger partial charge in [-0.15, -0.1) is 0 Å². The molecule has 0 spiro atoms. The van der Waals surface area contributed by atoms with Crippen LogP contribution in [-0.4, -0.2) is 12.6 Å². The summed E-state index contributed by atoms with van der Waals surface area (Å²) in [7, 11) is 0. The molecule has 0 fully saturated rings. The van der Waals surface area contributed by atoms with Gasteiger partial charge in [0.05, 0.1) is 12.2 Å². The van der Waals surface area contributed by atoms with Crippen molar-refractivity contribution in [2.75, 3.05) is 17.6 Å². The quantitative estimate of drug-likeness (QED) is 0.670. The summed E-state index contributed by atoms with van der Waals surface area (Å²) in [5.74, 6) is 1.38. The highest BCUT2D eigenvalue weighted by Gasteiger charge is 2.22. The lowest BCUT2D eigenvalue weighted by atomic mass is 10.1. The Balaban J connectivity index is 2.27. The van der Waals surface area contributed by atoms with Crippen molar-refractivity contribution in [3.05, 3.63) is 18.2 Å². The third-order valence-corrected chi connectivity index (χ3v) is 2.56. The van der Waals surface area contributed by atoms with Crippen molar-refractivity contribution in [3.8, 4) is 5.75 Å². The minimum Gasteiger partial charge on any atom is -0.486 e. The van der Waals surface area contributed by atoms with E-state index in [2.05, 4.69) is 19.2 Å². The number of hydrogen-bond donors (Lipinski definition) is 2. The number of nitrogens with one attached hydrogen (secondary N) is 1. The molecule has 0 radical (unpaired) electrons. The maximum absolute atomic E-state index is 5.83. The minimum atomic E-state index is 0.240. The van der Waals surface area contributed by atoms with E-state index in [0.29, 0.717) is 5.92 Å². The molecule has 0 amide bonds. The van der Waals surface area contributed by atoms with Crippen LogP contribution in [-0.2, 0) is 0 Å². The maximum atomic E-state index is 5.83. The Labute approximate surface area is 84.3 Å². The second-order valence-electron chi connectivity index (χ2n) is 4.00. The maximum Gasteiger partial charge on any atom is 0.145 e. The van der Waals surface area contributed by atoms with Crippen LogP contribution in [0.15, 0.2) is 18.2 Å². The molecule has 1 aromatic rings. The first kappa shape index (κ1) is 9.19. The number of para-hydroxylation sites is 1. The number of hydrogen-bond acceptors (Lipinski definition) is 3. The molecule has 14 heavy (non-hydrogen) atoms. The van der Waals surface area contributed by atoms with Crippen molar-refractivity contribution in [2.45, 2.75) is 20.0 Å². The average Bonchev–Trinajstić information content (AvgIpc) is 2.17. The van der Waals surface area contributed by atoms with Gasteiger partial charge in [-0.2, -0.15) is 0 Å². The summed E-state index contributed by atoms with van der Waals surface area (Å²) in [4.78, 5) is 0. The fourth-order valence-electron chi connectivity index (χ4n) is 1.61. The van der Waals surface area contributed by atoms with Crippen LogP contribution < -0.4 is 15.8 Å². The third-order valence-electron chi connectivity index (χ3n) is 2.56. The number of ether oxygens (including phenoxy) is 1. The molecule has 1 aliphatic rings. The van der Waals surface area contributed by atoms with E-state index in [1.54, 1.807) is 0 Å². The molecule has 1 heterocycles. The predicted octanol–water partition coefficient (Wildman–Crippen LogP) is 2.10. The van der Waals surface area contributed by atoms with Crippen molar-refractivity contribution in [1.82, 2.24) is 0 Å². The number of fused-ring (bicyclic) bond motifs is 1. The zero-order valence-electron chi connectivity index (χ0n) is 8.58. The number of rotatable bonds is 1. The summed E-state index contributed by atoms with van der Waals surface area (Å²) in [5, 5.41) is 3.31. The van der Waals surface area contributed by atoms with E-state index < -0.39 is 0 Å². The van der Waals surface area contributed by atoms with Crippen LogP contribution in [0.5, 0.6) is 5.75 Å². The van der Waals surface area contributed by atoms with Crippen molar-refractivity contribution in [2.24, 2.45) is 5.92 Å². The number of nitrogen functional groups attached to an aromatic ring is 1. The van der Waals surface area contributed by atoms with Gasteiger partial charge in [0.25, 0.3) is 0 Å². The van der Waals surface area contributed by atoms with Crippen LogP contribution >= 0.6 is 0 Å². The molecule has 1 unspecified atom stereocenters. The van der Waals surface area contributed by atoms with E-state index in [0.717, 1.165) is 23.7 Å². The van der Waals surface area contributed by atoms with Gasteiger partial charge in [0.15, 0.2) is 0 Å². The molecule has 0 aliphatic carbocycles. The highest BCUT2D eigenvalue weighted by atomic mass is 16.5. The lowest BCUT2D eigenvalue weighted by molar-refractivity contribution is 0.156. The molecule has 0 bridgehead atoms. The van der Waals surface area contributed by atoms with Crippen LogP contribution in [0.25, 0.3) is 0 Å². The average molecular weight is 192 g/mol.